The Morgan fingerprint density at radius 3 is 1.00 bits per heavy atom. The summed E-state index contributed by atoms with van der Waals surface area (Å²) < 4.78 is 0. The summed E-state index contributed by atoms with van der Waals surface area (Å²) in [5.74, 6) is -1.58. The first kappa shape index (κ1) is 29.9. The van der Waals surface area contributed by atoms with Crippen LogP contribution in [-0.4, -0.2) is 47.1 Å². The number of carbonyl (C=O) groups excluding carboxylic acids is 2. The van der Waals surface area contributed by atoms with Crippen molar-refractivity contribution >= 4 is 23.8 Å². The second-order valence-electron chi connectivity index (χ2n) is 8.44. The van der Waals surface area contributed by atoms with Crippen molar-refractivity contribution in [2.75, 3.05) is 13.1 Å². The number of carboxylic acid groups (broad SMARTS) is 2. The van der Waals surface area contributed by atoms with Crippen molar-refractivity contribution in [2.45, 2.75) is 116 Å². The van der Waals surface area contributed by atoms with Crippen LogP contribution >= 0.6 is 0 Å². The largest absolute Gasteiger partial charge is 0.481 e. The van der Waals surface area contributed by atoms with Crippen LogP contribution in [0.15, 0.2) is 0 Å². The third kappa shape index (κ3) is 24.2. The standard InChI is InChI=1S/C24H44N2O6/c27-21(15-9-11-17-23(29)30)25-19-13-7-5-3-1-2-4-6-8-14-20-26-22(28)16-10-12-18-24(31)32/h1-20H2,(H,25,27)(H,26,28)(H,29,30)(H,31,32). The lowest BCUT2D eigenvalue weighted by molar-refractivity contribution is -0.138. The van der Waals surface area contributed by atoms with Crippen molar-refractivity contribution in [2.24, 2.45) is 0 Å². The van der Waals surface area contributed by atoms with Gasteiger partial charge in [-0.15, -0.1) is 0 Å². The Hall–Kier alpha value is -2.12. The minimum atomic E-state index is -0.810. The van der Waals surface area contributed by atoms with Crippen LogP contribution < -0.4 is 10.6 Å². The first-order chi connectivity index (χ1) is 15.4. The van der Waals surface area contributed by atoms with Gasteiger partial charge in [-0.2, -0.15) is 0 Å². The van der Waals surface area contributed by atoms with Gasteiger partial charge in [0.2, 0.25) is 11.8 Å². The molecule has 8 nitrogen and oxygen atoms in total. The van der Waals surface area contributed by atoms with Crippen LogP contribution in [-0.2, 0) is 19.2 Å². The van der Waals surface area contributed by atoms with Crippen LogP contribution in [0.4, 0.5) is 0 Å². The van der Waals surface area contributed by atoms with E-state index in [2.05, 4.69) is 10.6 Å². The minimum absolute atomic E-state index is 0.0192. The van der Waals surface area contributed by atoms with Gasteiger partial charge in [-0.3, -0.25) is 19.2 Å². The topological polar surface area (TPSA) is 133 Å². The van der Waals surface area contributed by atoms with E-state index in [4.69, 9.17) is 10.2 Å². The maximum Gasteiger partial charge on any atom is 0.303 e. The molecule has 0 bridgehead atoms. The number of amides is 2. The molecule has 8 heteroatoms. The predicted molar refractivity (Wildman–Crippen MR) is 124 cm³/mol. The van der Waals surface area contributed by atoms with E-state index in [-0.39, 0.29) is 24.7 Å². The number of rotatable bonds is 23. The first-order valence-corrected chi connectivity index (χ1v) is 12.4. The number of hydrogen-bond acceptors (Lipinski definition) is 4. The zero-order valence-electron chi connectivity index (χ0n) is 19.7. The predicted octanol–water partition coefficient (Wildman–Crippen LogP) is 4.41. The van der Waals surface area contributed by atoms with Gasteiger partial charge in [-0.05, 0) is 38.5 Å². The number of aliphatic carboxylic acids is 2. The van der Waals surface area contributed by atoms with Gasteiger partial charge in [0.25, 0.3) is 0 Å². The van der Waals surface area contributed by atoms with Crippen molar-refractivity contribution in [3.63, 3.8) is 0 Å². The maximum absolute atomic E-state index is 11.6. The highest BCUT2D eigenvalue weighted by Gasteiger charge is 2.03. The van der Waals surface area contributed by atoms with Gasteiger partial charge in [0.05, 0.1) is 0 Å². The SMILES string of the molecule is O=C(O)CCCCC(=O)NCCCCCCCCCCCCNC(=O)CCCCC(=O)O. The molecule has 0 heterocycles. The van der Waals surface area contributed by atoms with Crippen LogP contribution in [0.3, 0.4) is 0 Å². The summed E-state index contributed by atoms with van der Waals surface area (Å²) >= 11 is 0. The zero-order valence-corrected chi connectivity index (χ0v) is 19.7. The molecule has 0 saturated heterocycles. The maximum atomic E-state index is 11.6. The van der Waals surface area contributed by atoms with E-state index in [0.717, 1.165) is 25.7 Å². The molecule has 0 spiro atoms. The molecule has 0 rings (SSSR count). The lowest BCUT2D eigenvalue weighted by Gasteiger charge is -2.06. The summed E-state index contributed by atoms with van der Waals surface area (Å²) in [6, 6.07) is 0. The van der Waals surface area contributed by atoms with E-state index in [1.807, 2.05) is 0 Å². The second kappa shape index (κ2) is 22.1. The number of carboxylic acids is 2. The number of hydrogen-bond donors (Lipinski definition) is 4. The van der Waals surface area contributed by atoms with E-state index < -0.39 is 11.9 Å². The van der Waals surface area contributed by atoms with Gasteiger partial charge in [0.15, 0.2) is 0 Å². The molecular formula is C24H44N2O6. The Bertz CT molecular complexity index is 479. The van der Waals surface area contributed by atoms with Crippen molar-refractivity contribution in [1.82, 2.24) is 10.6 Å². The Balaban J connectivity index is 3.23. The molecule has 0 aromatic heterocycles. The van der Waals surface area contributed by atoms with Crippen molar-refractivity contribution in [3.8, 4) is 0 Å². The lowest BCUT2D eigenvalue weighted by Crippen LogP contribution is -2.24. The minimum Gasteiger partial charge on any atom is -0.481 e. The van der Waals surface area contributed by atoms with E-state index in [1.54, 1.807) is 0 Å². The van der Waals surface area contributed by atoms with E-state index in [1.165, 1.54) is 38.5 Å². The van der Waals surface area contributed by atoms with Crippen LogP contribution in [0.5, 0.6) is 0 Å². The molecule has 2 amide bonds. The van der Waals surface area contributed by atoms with Crippen LogP contribution in [0, 0.1) is 0 Å². The second-order valence-corrected chi connectivity index (χ2v) is 8.44. The molecule has 0 atom stereocenters. The summed E-state index contributed by atoms with van der Waals surface area (Å²) in [5, 5.41) is 22.9. The van der Waals surface area contributed by atoms with E-state index >= 15 is 0 Å². The lowest BCUT2D eigenvalue weighted by atomic mass is 10.1. The highest BCUT2D eigenvalue weighted by atomic mass is 16.4. The van der Waals surface area contributed by atoms with Gasteiger partial charge >= 0.3 is 11.9 Å². The van der Waals surface area contributed by atoms with Gasteiger partial charge < -0.3 is 20.8 Å². The average molecular weight is 457 g/mol. The molecule has 0 radical (unpaired) electrons. The number of unbranched alkanes of at least 4 members (excludes halogenated alkanes) is 11. The summed E-state index contributed by atoms with van der Waals surface area (Å²) in [6.07, 6.45) is 15.0. The fourth-order valence-corrected chi connectivity index (χ4v) is 3.42. The van der Waals surface area contributed by atoms with Gasteiger partial charge in [-0.1, -0.05) is 51.4 Å². The van der Waals surface area contributed by atoms with Gasteiger partial charge in [-0.25, -0.2) is 0 Å². The molecule has 0 aromatic carbocycles. The smallest absolute Gasteiger partial charge is 0.303 e. The van der Waals surface area contributed by atoms with Crippen LogP contribution in [0.2, 0.25) is 0 Å². The van der Waals surface area contributed by atoms with E-state index in [9.17, 15) is 19.2 Å². The highest BCUT2D eigenvalue weighted by Crippen LogP contribution is 2.10. The monoisotopic (exact) mass is 456 g/mol. The summed E-state index contributed by atoms with van der Waals surface area (Å²) in [6.45, 7) is 1.41. The Labute approximate surface area is 192 Å². The summed E-state index contributed by atoms with van der Waals surface area (Å²) in [4.78, 5) is 44.0. The van der Waals surface area contributed by atoms with Gasteiger partial charge in [0.1, 0.15) is 0 Å². The van der Waals surface area contributed by atoms with Crippen LogP contribution in [0.1, 0.15) is 116 Å². The molecule has 4 N–H and O–H groups in total. The third-order valence-corrected chi connectivity index (χ3v) is 5.34. The molecule has 0 aromatic rings. The molecule has 0 fully saturated rings. The molecule has 0 unspecified atom stereocenters. The fraction of sp³-hybridized carbons (Fsp3) is 0.833. The Kier molecular flexibility index (Phi) is 20.6. The normalized spacial score (nSPS) is 10.6. The number of carbonyl (C=O) groups is 4. The molecular weight excluding hydrogens is 412 g/mol. The molecule has 0 aliphatic rings. The number of nitrogens with one attached hydrogen (secondary N) is 2. The Morgan fingerprint density at radius 2 is 0.688 bits per heavy atom. The zero-order chi connectivity index (χ0) is 23.9. The molecule has 186 valence electrons. The molecule has 32 heavy (non-hydrogen) atoms. The third-order valence-electron chi connectivity index (χ3n) is 5.34. The quantitative estimate of drug-likeness (QED) is 0.168. The van der Waals surface area contributed by atoms with Crippen molar-refractivity contribution in [1.29, 1.82) is 0 Å². The first-order valence-electron chi connectivity index (χ1n) is 12.4. The van der Waals surface area contributed by atoms with Crippen LogP contribution in [0.25, 0.3) is 0 Å². The molecule has 0 saturated carbocycles. The highest BCUT2D eigenvalue weighted by molar-refractivity contribution is 5.76. The van der Waals surface area contributed by atoms with Crippen molar-refractivity contribution in [3.05, 3.63) is 0 Å². The fourth-order valence-electron chi connectivity index (χ4n) is 3.42. The van der Waals surface area contributed by atoms with Crippen molar-refractivity contribution < 1.29 is 29.4 Å². The summed E-state index contributed by atoms with van der Waals surface area (Å²) in [7, 11) is 0. The molecule has 0 aliphatic carbocycles. The average Bonchev–Trinajstić information content (AvgIpc) is 2.74. The molecule has 0 aliphatic heterocycles. The van der Waals surface area contributed by atoms with E-state index in [0.29, 0.717) is 51.6 Å². The summed E-state index contributed by atoms with van der Waals surface area (Å²) in [5.41, 5.74) is 0. The van der Waals surface area contributed by atoms with Gasteiger partial charge in [0, 0.05) is 38.8 Å². The Morgan fingerprint density at radius 1 is 0.406 bits per heavy atom.